The summed E-state index contributed by atoms with van der Waals surface area (Å²) in [6.07, 6.45) is 0. The molecule has 0 aliphatic carbocycles. The second-order valence-corrected chi connectivity index (χ2v) is 7.43. The lowest BCUT2D eigenvalue weighted by molar-refractivity contribution is 0.383. The molecule has 2 rings (SSSR count). The summed E-state index contributed by atoms with van der Waals surface area (Å²) in [5.74, 6) is 9.81. The predicted molar refractivity (Wildman–Crippen MR) is 87.8 cm³/mol. The Balaban J connectivity index is 2.30. The summed E-state index contributed by atoms with van der Waals surface area (Å²) in [6.45, 7) is 2.27. The Morgan fingerprint density at radius 3 is 2.60 bits per heavy atom. The first-order chi connectivity index (χ1) is 9.71. The standard InChI is InChI=1S/C14H22N2O2S2/c1-9-14(20-7-6-19-9)13(16-15)11-5-4-10(17-2)8-12(11)18-3/h4-5,8-9,13-14,16H,6-7,15H2,1-3H3. The number of thioether (sulfide) groups is 2. The Bertz CT molecular complexity index is 445. The zero-order chi connectivity index (χ0) is 14.5. The number of hydrogen-bond acceptors (Lipinski definition) is 6. The van der Waals surface area contributed by atoms with Gasteiger partial charge in [0.2, 0.25) is 0 Å². The van der Waals surface area contributed by atoms with Crippen molar-refractivity contribution in [2.75, 3.05) is 25.7 Å². The Morgan fingerprint density at radius 1 is 1.25 bits per heavy atom. The molecule has 3 N–H and O–H groups in total. The Kier molecular flexibility index (Phi) is 5.89. The van der Waals surface area contributed by atoms with E-state index in [0.29, 0.717) is 10.5 Å². The third-order valence-electron chi connectivity index (χ3n) is 3.52. The van der Waals surface area contributed by atoms with Gasteiger partial charge in [0.1, 0.15) is 11.5 Å². The van der Waals surface area contributed by atoms with Crippen LogP contribution in [0.4, 0.5) is 0 Å². The lowest BCUT2D eigenvalue weighted by Gasteiger charge is -2.34. The molecule has 0 bridgehead atoms. The number of hydrazine groups is 1. The van der Waals surface area contributed by atoms with Crippen LogP contribution < -0.4 is 20.7 Å². The molecule has 3 atom stereocenters. The summed E-state index contributed by atoms with van der Waals surface area (Å²) in [4.78, 5) is 0. The molecule has 3 unspecified atom stereocenters. The summed E-state index contributed by atoms with van der Waals surface area (Å²) in [7, 11) is 3.33. The third kappa shape index (κ3) is 3.36. The Labute approximate surface area is 129 Å². The molecule has 0 spiro atoms. The molecule has 6 heteroatoms. The minimum atomic E-state index is 0.0728. The van der Waals surface area contributed by atoms with Crippen LogP contribution in [0.2, 0.25) is 0 Å². The molecule has 1 fully saturated rings. The summed E-state index contributed by atoms with van der Waals surface area (Å²) in [6, 6.07) is 5.97. The Morgan fingerprint density at radius 2 is 2.00 bits per heavy atom. The molecule has 20 heavy (non-hydrogen) atoms. The molecular formula is C14H22N2O2S2. The van der Waals surface area contributed by atoms with Crippen molar-refractivity contribution in [3.8, 4) is 11.5 Å². The average Bonchev–Trinajstić information content (AvgIpc) is 2.50. The normalized spacial score (nSPS) is 24.2. The molecule has 1 heterocycles. The smallest absolute Gasteiger partial charge is 0.127 e. The number of methoxy groups -OCH3 is 2. The first-order valence-electron chi connectivity index (χ1n) is 6.62. The largest absolute Gasteiger partial charge is 0.497 e. The van der Waals surface area contributed by atoms with Crippen molar-refractivity contribution in [1.82, 2.24) is 5.43 Å². The van der Waals surface area contributed by atoms with Gasteiger partial charge in [0, 0.05) is 33.6 Å². The number of nitrogens with two attached hydrogens (primary N) is 1. The van der Waals surface area contributed by atoms with Gasteiger partial charge in [-0.1, -0.05) is 6.92 Å². The lowest BCUT2D eigenvalue weighted by Crippen LogP contribution is -2.41. The van der Waals surface area contributed by atoms with Crippen LogP contribution in [0.25, 0.3) is 0 Å². The SMILES string of the molecule is COc1ccc(C(NN)C2SCCSC2C)c(OC)c1. The van der Waals surface area contributed by atoms with E-state index in [1.165, 1.54) is 5.75 Å². The van der Waals surface area contributed by atoms with Gasteiger partial charge in [0.25, 0.3) is 0 Å². The molecule has 1 saturated heterocycles. The van der Waals surface area contributed by atoms with Gasteiger partial charge in [-0.3, -0.25) is 11.3 Å². The minimum Gasteiger partial charge on any atom is -0.497 e. The van der Waals surface area contributed by atoms with E-state index in [2.05, 4.69) is 12.3 Å². The number of ether oxygens (including phenoxy) is 2. The van der Waals surface area contributed by atoms with Crippen LogP contribution in [0.15, 0.2) is 18.2 Å². The summed E-state index contributed by atoms with van der Waals surface area (Å²) in [5, 5.41) is 0.989. The van der Waals surface area contributed by atoms with E-state index < -0.39 is 0 Å². The van der Waals surface area contributed by atoms with E-state index in [1.807, 2.05) is 41.7 Å². The van der Waals surface area contributed by atoms with Gasteiger partial charge in [0.15, 0.2) is 0 Å². The van der Waals surface area contributed by atoms with Crippen LogP contribution in [0.5, 0.6) is 11.5 Å². The van der Waals surface area contributed by atoms with Gasteiger partial charge in [-0.25, -0.2) is 0 Å². The topological polar surface area (TPSA) is 56.5 Å². The van der Waals surface area contributed by atoms with Crippen LogP contribution in [-0.4, -0.2) is 36.2 Å². The van der Waals surface area contributed by atoms with Gasteiger partial charge in [-0.2, -0.15) is 23.5 Å². The molecule has 0 radical (unpaired) electrons. The maximum Gasteiger partial charge on any atom is 0.127 e. The van der Waals surface area contributed by atoms with E-state index >= 15 is 0 Å². The van der Waals surface area contributed by atoms with Gasteiger partial charge >= 0.3 is 0 Å². The fourth-order valence-electron chi connectivity index (χ4n) is 2.45. The van der Waals surface area contributed by atoms with Gasteiger partial charge in [-0.15, -0.1) is 0 Å². The highest BCUT2D eigenvalue weighted by atomic mass is 32.2. The highest BCUT2D eigenvalue weighted by Crippen LogP contribution is 2.41. The first kappa shape index (κ1) is 15.8. The highest BCUT2D eigenvalue weighted by molar-refractivity contribution is 8.07. The predicted octanol–water partition coefficient (Wildman–Crippen LogP) is 2.45. The van der Waals surface area contributed by atoms with E-state index in [-0.39, 0.29) is 6.04 Å². The quantitative estimate of drug-likeness (QED) is 0.643. The summed E-state index contributed by atoms with van der Waals surface area (Å²) in [5.41, 5.74) is 4.06. The second-order valence-electron chi connectivity index (χ2n) is 4.66. The van der Waals surface area contributed by atoms with Crippen molar-refractivity contribution in [3.05, 3.63) is 23.8 Å². The average molecular weight is 314 g/mol. The van der Waals surface area contributed by atoms with Crippen molar-refractivity contribution < 1.29 is 9.47 Å². The Hall–Kier alpha value is -0.560. The van der Waals surface area contributed by atoms with Gasteiger partial charge < -0.3 is 9.47 Å². The zero-order valence-electron chi connectivity index (χ0n) is 12.1. The third-order valence-corrected chi connectivity index (χ3v) is 6.72. The molecule has 0 amide bonds. The van der Waals surface area contributed by atoms with Crippen LogP contribution in [0.3, 0.4) is 0 Å². The minimum absolute atomic E-state index is 0.0728. The summed E-state index contributed by atoms with van der Waals surface area (Å²) < 4.78 is 10.8. The van der Waals surface area contributed by atoms with Crippen molar-refractivity contribution in [1.29, 1.82) is 0 Å². The number of hydrogen-bond donors (Lipinski definition) is 2. The van der Waals surface area contributed by atoms with Gasteiger partial charge in [0.05, 0.1) is 20.3 Å². The van der Waals surface area contributed by atoms with E-state index in [4.69, 9.17) is 15.3 Å². The van der Waals surface area contributed by atoms with Crippen molar-refractivity contribution in [2.24, 2.45) is 5.84 Å². The monoisotopic (exact) mass is 314 g/mol. The first-order valence-corrected chi connectivity index (χ1v) is 8.72. The van der Waals surface area contributed by atoms with Crippen LogP contribution in [-0.2, 0) is 0 Å². The fourth-order valence-corrected chi connectivity index (χ4v) is 5.37. The lowest BCUT2D eigenvalue weighted by atomic mass is 10.0. The number of nitrogens with one attached hydrogen (secondary N) is 1. The molecule has 0 saturated carbocycles. The van der Waals surface area contributed by atoms with Crippen molar-refractivity contribution in [3.63, 3.8) is 0 Å². The fraction of sp³-hybridized carbons (Fsp3) is 0.571. The van der Waals surface area contributed by atoms with Gasteiger partial charge in [-0.05, 0) is 12.1 Å². The van der Waals surface area contributed by atoms with E-state index in [0.717, 1.165) is 22.8 Å². The highest BCUT2D eigenvalue weighted by Gasteiger charge is 2.32. The van der Waals surface area contributed by atoms with Crippen molar-refractivity contribution >= 4 is 23.5 Å². The van der Waals surface area contributed by atoms with Crippen LogP contribution in [0.1, 0.15) is 18.5 Å². The number of benzene rings is 1. The maximum atomic E-state index is 5.83. The summed E-state index contributed by atoms with van der Waals surface area (Å²) >= 11 is 3.98. The zero-order valence-corrected chi connectivity index (χ0v) is 13.7. The molecule has 1 aliphatic heterocycles. The molecule has 4 nitrogen and oxygen atoms in total. The van der Waals surface area contributed by atoms with Crippen LogP contribution in [0, 0.1) is 0 Å². The second kappa shape index (κ2) is 7.45. The molecule has 112 valence electrons. The van der Waals surface area contributed by atoms with E-state index in [9.17, 15) is 0 Å². The van der Waals surface area contributed by atoms with E-state index in [1.54, 1.807) is 14.2 Å². The molecular weight excluding hydrogens is 292 g/mol. The maximum absolute atomic E-state index is 5.83. The molecule has 1 aliphatic rings. The number of rotatable bonds is 5. The molecule has 1 aromatic rings. The molecule has 0 aromatic heterocycles. The van der Waals surface area contributed by atoms with Crippen LogP contribution >= 0.6 is 23.5 Å². The van der Waals surface area contributed by atoms with Crippen molar-refractivity contribution in [2.45, 2.75) is 23.5 Å². The molecule has 1 aromatic carbocycles.